The second-order valence-corrected chi connectivity index (χ2v) is 5.95. The van der Waals surface area contributed by atoms with E-state index in [-0.39, 0.29) is 17.4 Å². The van der Waals surface area contributed by atoms with Crippen molar-refractivity contribution in [2.24, 2.45) is 0 Å². The minimum atomic E-state index is -0.180. The molecule has 2 unspecified atom stereocenters. The number of carbonyl (C=O) groups is 1. The number of nitrogens with two attached hydrogens (primary N) is 1. The Morgan fingerprint density at radius 1 is 1.45 bits per heavy atom. The third-order valence-corrected chi connectivity index (χ3v) is 3.96. The molecule has 0 aromatic heterocycles. The number of anilines is 1. The molecule has 0 bridgehead atoms. The summed E-state index contributed by atoms with van der Waals surface area (Å²) < 4.78 is 5.67. The Morgan fingerprint density at radius 2 is 2.15 bits per heavy atom. The van der Waals surface area contributed by atoms with Gasteiger partial charge in [-0.1, -0.05) is 19.1 Å². The summed E-state index contributed by atoms with van der Waals surface area (Å²) in [5, 5.41) is 2.99. The van der Waals surface area contributed by atoms with E-state index < -0.39 is 0 Å². The summed E-state index contributed by atoms with van der Waals surface area (Å²) in [5.41, 5.74) is 7.37. The standard InChI is InChI=1S/C16H24N2O2/c1-12(13-4-6-14(17)7-5-13)10-15(19)18-11-16(2)8-3-9-20-16/h4-7,12H,3,8-11,17H2,1-2H3,(H,18,19). The summed E-state index contributed by atoms with van der Waals surface area (Å²) in [6, 6.07) is 7.71. The summed E-state index contributed by atoms with van der Waals surface area (Å²) in [6.07, 6.45) is 2.58. The molecule has 1 aromatic carbocycles. The monoisotopic (exact) mass is 276 g/mol. The van der Waals surface area contributed by atoms with Crippen molar-refractivity contribution in [3.63, 3.8) is 0 Å². The molecule has 0 spiro atoms. The fraction of sp³-hybridized carbons (Fsp3) is 0.562. The summed E-state index contributed by atoms with van der Waals surface area (Å²) in [6.45, 7) is 5.51. The van der Waals surface area contributed by atoms with Gasteiger partial charge in [-0.2, -0.15) is 0 Å². The number of nitrogens with one attached hydrogen (secondary N) is 1. The van der Waals surface area contributed by atoms with Crippen LogP contribution in [0.15, 0.2) is 24.3 Å². The maximum atomic E-state index is 12.0. The lowest BCUT2D eigenvalue weighted by atomic mass is 9.97. The zero-order valence-corrected chi connectivity index (χ0v) is 12.3. The average molecular weight is 276 g/mol. The Kier molecular flexibility index (Phi) is 4.65. The molecule has 0 radical (unpaired) electrons. The van der Waals surface area contributed by atoms with Crippen molar-refractivity contribution < 1.29 is 9.53 Å². The van der Waals surface area contributed by atoms with Gasteiger partial charge in [-0.05, 0) is 43.4 Å². The summed E-state index contributed by atoms with van der Waals surface area (Å²) in [7, 11) is 0. The van der Waals surface area contributed by atoms with Crippen molar-refractivity contribution >= 4 is 11.6 Å². The van der Waals surface area contributed by atoms with Crippen molar-refractivity contribution in [1.82, 2.24) is 5.32 Å². The normalized spacial score (nSPS) is 23.5. The molecule has 1 amide bonds. The molecule has 1 heterocycles. The van der Waals surface area contributed by atoms with E-state index in [4.69, 9.17) is 10.5 Å². The van der Waals surface area contributed by atoms with Crippen molar-refractivity contribution in [3.8, 4) is 0 Å². The molecular weight excluding hydrogens is 252 g/mol. The molecule has 1 fully saturated rings. The lowest BCUT2D eigenvalue weighted by Crippen LogP contribution is -2.40. The van der Waals surface area contributed by atoms with Crippen LogP contribution in [0.1, 0.15) is 44.6 Å². The van der Waals surface area contributed by atoms with E-state index in [0.717, 1.165) is 30.7 Å². The van der Waals surface area contributed by atoms with Crippen molar-refractivity contribution in [1.29, 1.82) is 0 Å². The lowest BCUT2D eigenvalue weighted by molar-refractivity contribution is -0.122. The molecule has 1 saturated heterocycles. The van der Waals surface area contributed by atoms with Gasteiger partial charge >= 0.3 is 0 Å². The Labute approximate surface area is 120 Å². The molecule has 4 nitrogen and oxygen atoms in total. The van der Waals surface area contributed by atoms with E-state index in [9.17, 15) is 4.79 Å². The smallest absolute Gasteiger partial charge is 0.220 e. The highest BCUT2D eigenvalue weighted by atomic mass is 16.5. The van der Waals surface area contributed by atoms with Crippen LogP contribution in [0.4, 0.5) is 5.69 Å². The van der Waals surface area contributed by atoms with Gasteiger partial charge in [0.15, 0.2) is 0 Å². The van der Waals surface area contributed by atoms with Crippen LogP contribution in [-0.4, -0.2) is 24.7 Å². The van der Waals surface area contributed by atoms with Crippen LogP contribution in [0.3, 0.4) is 0 Å². The van der Waals surface area contributed by atoms with Crippen LogP contribution < -0.4 is 11.1 Å². The van der Waals surface area contributed by atoms with E-state index >= 15 is 0 Å². The van der Waals surface area contributed by atoms with Gasteiger partial charge in [0.2, 0.25) is 5.91 Å². The fourth-order valence-electron chi connectivity index (χ4n) is 2.55. The van der Waals surface area contributed by atoms with Crippen LogP contribution >= 0.6 is 0 Å². The van der Waals surface area contributed by atoms with Crippen LogP contribution in [0.25, 0.3) is 0 Å². The van der Waals surface area contributed by atoms with E-state index in [1.165, 1.54) is 0 Å². The van der Waals surface area contributed by atoms with Crippen molar-refractivity contribution in [3.05, 3.63) is 29.8 Å². The average Bonchev–Trinajstić information content (AvgIpc) is 2.85. The molecule has 110 valence electrons. The second kappa shape index (κ2) is 6.27. The Morgan fingerprint density at radius 3 is 2.75 bits per heavy atom. The number of nitrogen functional groups attached to an aromatic ring is 1. The van der Waals surface area contributed by atoms with E-state index in [2.05, 4.69) is 19.2 Å². The quantitative estimate of drug-likeness (QED) is 0.812. The first-order valence-electron chi connectivity index (χ1n) is 7.25. The Hall–Kier alpha value is -1.55. The molecule has 3 N–H and O–H groups in total. The molecule has 20 heavy (non-hydrogen) atoms. The highest BCUT2D eigenvalue weighted by Crippen LogP contribution is 2.24. The number of rotatable bonds is 5. The molecule has 0 saturated carbocycles. The van der Waals surface area contributed by atoms with Gasteiger partial charge in [-0.15, -0.1) is 0 Å². The maximum Gasteiger partial charge on any atom is 0.220 e. The highest BCUT2D eigenvalue weighted by molar-refractivity contribution is 5.76. The van der Waals surface area contributed by atoms with Crippen molar-refractivity contribution in [2.45, 2.75) is 44.6 Å². The molecule has 4 heteroatoms. The first-order valence-corrected chi connectivity index (χ1v) is 7.25. The lowest BCUT2D eigenvalue weighted by Gasteiger charge is -2.23. The Bertz CT molecular complexity index is 450. The Balaban J connectivity index is 1.80. The van der Waals surface area contributed by atoms with Gasteiger partial charge in [-0.25, -0.2) is 0 Å². The third-order valence-electron chi connectivity index (χ3n) is 3.96. The molecule has 1 aliphatic rings. The minimum Gasteiger partial charge on any atom is -0.399 e. The van der Waals surface area contributed by atoms with Gasteiger partial charge in [0.1, 0.15) is 0 Å². The number of carbonyl (C=O) groups excluding carboxylic acids is 1. The molecule has 2 atom stereocenters. The second-order valence-electron chi connectivity index (χ2n) is 5.95. The summed E-state index contributed by atoms with van der Waals surface area (Å²) >= 11 is 0. The van der Waals surface area contributed by atoms with E-state index in [1.807, 2.05) is 24.3 Å². The van der Waals surface area contributed by atoms with Crippen LogP contribution in [0, 0.1) is 0 Å². The topological polar surface area (TPSA) is 64.3 Å². The molecule has 1 aromatic rings. The summed E-state index contributed by atoms with van der Waals surface area (Å²) in [5.74, 6) is 0.263. The van der Waals surface area contributed by atoms with Crippen LogP contribution in [0.2, 0.25) is 0 Å². The van der Waals surface area contributed by atoms with Gasteiger partial charge in [0.25, 0.3) is 0 Å². The van der Waals surface area contributed by atoms with Gasteiger partial charge in [-0.3, -0.25) is 4.79 Å². The molecule has 2 rings (SSSR count). The van der Waals surface area contributed by atoms with E-state index in [0.29, 0.717) is 13.0 Å². The SMILES string of the molecule is CC(CC(=O)NCC1(C)CCCO1)c1ccc(N)cc1. The number of benzene rings is 1. The fourth-order valence-corrected chi connectivity index (χ4v) is 2.55. The minimum absolute atomic E-state index is 0.0750. The van der Waals surface area contributed by atoms with Gasteiger partial charge < -0.3 is 15.8 Å². The van der Waals surface area contributed by atoms with Gasteiger partial charge in [0, 0.05) is 25.3 Å². The number of hydrogen-bond acceptors (Lipinski definition) is 3. The van der Waals surface area contributed by atoms with Crippen LogP contribution in [-0.2, 0) is 9.53 Å². The number of ether oxygens (including phenoxy) is 1. The largest absolute Gasteiger partial charge is 0.399 e. The zero-order valence-electron chi connectivity index (χ0n) is 12.3. The van der Waals surface area contributed by atoms with Crippen LogP contribution in [0.5, 0.6) is 0 Å². The third kappa shape index (κ3) is 3.97. The first-order chi connectivity index (χ1) is 9.48. The number of hydrogen-bond donors (Lipinski definition) is 2. The predicted octanol–water partition coefficient (Wildman–Crippen LogP) is 2.45. The number of amides is 1. The summed E-state index contributed by atoms with van der Waals surface area (Å²) in [4.78, 5) is 12.0. The highest BCUT2D eigenvalue weighted by Gasteiger charge is 2.30. The molecule has 0 aliphatic carbocycles. The van der Waals surface area contributed by atoms with Crippen molar-refractivity contribution in [2.75, 3.05) is 18.9 Å². The predicted molar refractivity (Wildman–Crippen MR) is 80.5 cm³/mol. The zero-order chi connectivity index (χ0) is 14.6. The molecule has 1 aliphatic heterocycles. The molecular formula is C16H24N2O2. The maximum absolute atomic E-state index is 12.0. The first kappa shape index (κ1) is 14.9. The van der Waals surface area contributed by atoms with Gasteiger partial charge in [0.05, 0.1) is 5.60 Å². The van der Waals surface area contributed by atoms with E-state index in [1.54, 1.807) is 0 Å².